The Morgan fingerprint density at radius 1 is 1.04 bits per heavy atom. The van der Waals surface area contributed by atoms with Gasteiger partial charge >= 0.3 is 6.36 Å². The molecule has 0 N–H and O–H groups in total. The molecule has 6 heteroatoms. The van der Waals surface area contributed by atoms with Crippen molar-refractivity contribution in [3.8, 4) is 11.5 Å². The second-order valence-corrected chi connectivity index (χ2v) is 4.51. The topological polar surface area (TPSA) is 35.5 Å². The van der Waals surface area contributed by atoms with E-state index in [9.17, 15) is 18.0 Å². The Bertz CT molecular complexity index is 704. The van der Waals surface area contributed by atoms with Gasteiger partial charge in [-0.05, 0) is 35.9 Å². The van der Waals surface area contributed by atoms with E-state index in [1.807, 2.05) is 0 Å². The molecule has 0 aliphatic heterocycles. The predicted molar refractivity (Wildman–Crippen MR) is 79.5 cm³/mol. The van der Waals surface area contributed by atoms with Crippen LogP contribution in [0.5, 0.6) is 11.5 Å². The molecule has 0 radical (unpaired) electrons. The number of para-hydroxylation sites is 1. The maximum atomic E-state index is 12.1. The fourth-order valence-corrected chi connectivity index (χ4v) is 1.89. The van der Waals surface area contributed by atoms with Crippen LogP contribution in [0.3, 0.4) is 0 Å². The van der Waals surface area contributed by atoms with Gasteiger partial charge in [-0.2, -0.15) is 0 Å². The summed E-state index contributed by atoms with van der Waals surface area (Å²) >= 11 is 0. The lowest BCUT2D eigenvalue weighted by molar-refractivity contribution is -0.274. The van der Waals surface area contributed by atoms with E-state index in [2.05, 4.69) is 4.74 Å². The van der Waals surface area contributed by atoms with Gasteiger partial charge in [0.05, 0.1) is 12.7 Å². The first-order chi connectivity index (χ1) is 10.9. The number of allylic oxidation sites excluding steroid dienone is 1. The van der Waals surface area contributed by atoms with Crippen LogP contribution in [0.2, 0.25) is 0 Å². The van der Waals surface area contributed by atoms with E-state index < -0.39 is 6.36 Å². The number of hydrogen-bond donors (Lipinski definition) is 0. The normalized spacial score (nSPS) is 11.5. The number of carbonyl (C=O) groups is 1. The number of halogens is 3. The van der Waals surface area contributed by atoms with E-state index >= 15 is 0 Å². The lowest BCUT2D eigenvalue weighted by Gasteiger charge is -2.08. The molecule has 0 aromatic heterocycles. The average Bonchev–Trinajstić information content (AvgIpc) is 2.52. The lowest BCUT2D eigenvalue weighted by atomic mass is 10.1. The number of hydrogen-bond acceptors (Lipinski definition) is 3. The third kappa shape index (κ3) is 4.88. The SMILES string of the molecule is COc1ccccc1C(=O)/C=C/c1ccc(OC(F)(F)F)cc1. The van der Waals surface area contributed by atoms with Gasteiger partial charge in [0.2, 0.25) is 0 Å². The Hall–Kier alpha value is -2.76. The first-order valence-corrected chi connectivity index (χ1v) is 6.60. The summed E-state index contributed by atoms with van der Waals surface area (Å²) in [4.78, 5) is 12.1. The van der Waals surface area contributed by atoms with Crippen LogP contribution in [-0.2, 0) is 0 Å². The van der Waals surface area contributed by atoms with Gasteiger partial charge in [-0.1, -0.05) is 30.3 Å². The smallest absolute Gasteiger partial charge is 0.496 e. The van der Waals surface area contributed by atoms with E-state index in [-0.39, 0.29) is 11.5 Å². The Kier molecular flexibility index (Phi) is 5.05. The molecule has 0 spiro atoms. The lowest BCUT2D eigenvalue weighted by Crippen LogP contribution is -2.16. The third-order valence-corrected chi connectivity index (χ3v) is 2.91. The third-order valence-electron chi connectivity index (χ3n) is 2.91. The van der Waals surface area contributed by atoms with Gasteiger partial charge in [0.15, 0.2) is 5.78 Å². The van der Waals surface area contributed by atoms with Crippen molar-refractivity contribution in [2.75, 3.05) is 7.11 Å². The summed E-state index contributed by atoms with van der Waals surface area (Å²) in [6, 6.07) is 12.0. The predicted octanol–water partition coefficient (Wildman–Crippen LogP) is 4.49. The molecule has 0 saturated heterocycles. The Morgan fingerprint density at radius 3 is 2.30 bits per heavy atom. The van der Waals surface area contributed by atoms with Crippen molar-refractivity contribution in [1.82, 2.24) is 0 Å². The largest absolute Gasteiger partial charge is 0.573 e. The summed E-state index contributed by atoms with van der Waals surface area (Å²) in [6.45, 7) is 0. The molecule has 120 valence electrons. The number of carbonyl (C=O) groups excluding carboxylic acids is 1. The molecule has 0 amide bonds. The first kappa shape index (κ1) is 16.6. The van der Waals surface area contributed by atoms with Gasteiger partial charge < -0.3 is 9.47 Å². The molecule has 0 fully saturated rings. The van der Waals surface area contributed by atoms with Crippen molar-refractivity contribution in [3.05, 3.63) is 65.7 Å². The molecule has 0 unspecified atom stereocenters. The van der Waals surface area contributed by atoms with Crippen molar-refractivity contribution >= 4 is 11.9 Å². The molecular weight excluding hydrogens is 309 g/mol. The highest BCUT2D eigenvalue weighted by Gasteiger charge is 2.30. The van der Waals surface area contributed by atoms with Crippen molar-refractivity contribution in [2.45, 2.75) is 6.36 Å². The highest BCUT2D eigenvalue weighted by Crippen LogP contribution is 2.23. The van der Waals surface area contributed by atoms with E-state index in [0.717, 1.165) is 0 Å². The van der Waals surface area contributed by atoms with E-state index in [1.165, 1.54) is 43.5 Å². The van der Waals surface area contributed by atoms with Crippen molar-refractivity contribution < 1.29 is 27.4 Å². The van der Waals surface area contributed by atoms with Gasteiger partial charge in [-0.25, -0.2) is 0 Å². The summed E-state index contributed by atoms with van der Waals surface area (Å²) in [5.41, 5.74) is 0.978. The van der Waals surface area contributed by atoms with Crippen LogP contribution >= 0.6 is 0 Å². The molecule has 0 atom stereocenters. The molecule has 3 nitrogen and oxygen atoms in total. The second kappa shape index (κ2) is 7.00. The quantitative estimate of drug-likeness (QED) is 0.601. The first-order valence-electron chi connectivity index (χ1n) is 6.60. The fourth-order valence-electron chi connectivity index (χ4n) is 1.89. The average molecular weight is 322 g/mol. The highest BCUT2D eigenvalue weighted by molar-refractivity contribution is 6.08. The minimum absolute atomic E-state index is 0.266. The molecule has 0 heterocycles. The zero-order chi connectivity index (χ0) is 16.9. The van der Waals surface area contributed by atoms with Crippen molar-refractivity contribution in [2.24, 2.45) is 0 Å². The zero-order valence-corrected chi connectivity index (χ0v) is 12.1. The number of methoxy groups -OCH3 is 1. The molecule has 23 heavy (non-hydrogen) atoms. The molecule has 0 aliphatic rings. The number of alkyl halides is 3. The van der Waals surface area contributed by atoms with Gasteiger partial charge in [0.25, 0.3) is 0 Å². The van der Waals surface area contributed by atoms with Gasteiger partial charge in [0, 0.05) is 0 Å². The van der Waals surface area contributed by atoms with E-state index in [0.29, 0.717) is 16.9 Å². The van der Waals surface area contributed by atoms with E-state index in [4.69, 9.17) is 4.74 Å². The zero-order valence-electron chi connectivity index (χ0n) is 12.1. The molecule has 0 bridgehead atoms. The van der Waals surface area contributed by atoms with Crippen molar-refractivity contribution in [1.29, 1.82) is 0 Å². The maximum absolute atomic E-state index is 12.1. The Labute approximate surface area is 131 Å². The molecule has 0 saturated carbocycles. The summed E-state index contributed by atoms with van der Waals surface area (Å²) in [5.74, 6) is -0.125. The summed E-state index contributed by atoms with van der Waals surface area (Å²) in [6.07, 6.45) is -1.89. The van der Waals surface area contributed by atoms with Gasteiger partial charge in [0.1, 0.15) is 11.5 Å². The highest BCUT2D eigenvalue weighted by atomic mass is 19.4. The number of benzene rings is 2. The molecule has 2 aromatic rings. The van der Waals surface area contributed by atoms with Crippen LogP contribution in [-0.4, -0.2) is 19.3 Å². The Morgan fingerprint density at radius 2 is 1.70 bits per heavy atom. The Balaban J connectivity index is 2.09. The number of ketones is 1. The second-order valence-electron chi connectivity index (χ2n) is 4.51. The minimum atomic E-state index is -4.73. The van der Waals surface area contributed by atoms with Gasteiger partial charge in [-0.15, -0.1) is 13.2 Å². The molecular formula is C17H13F3O3. The van der Waals surface area contributed by atoms with Crippen LogP contribution < -0.4 is 9.47 Å². The maximum Gasteiger partial charge on any atom is 0.573 e. The van der Waals surface area contributed by atoms with Gasteiger partial charge in [-0.3, -0.25) is 4.79 Å². The molecule has 2 aromatic carbocycles. The standard InChI is InChI=1S/C17H13F3O3/c1-22-16-5-3-2-4-14(16)15(21)11-8-12-6-9-13(10-7-12)23-17(18,19)20/h2-11H,1H3/b11-8+. The number of ether oxygens (including phenoxy) is 2. The van der Waals surface area contributed by atoms with Crippen molar-refractivity contribution in [3.63, 3.8) is 0 Å². The monoisotopic (exact) mass is 322 g/mol. The molecule has 2 rings (SSSR count). The number of rotatable bonds is 5. The van der Waals surface area contributed by atoms with Crippen LogP contribution in [0, 0.1) is 0 Å². The van der Waals surface area contributed by atoms with Crippen LogP contribution in [0.15, 0.2) is 54.6 Å². The van der Waals surface area contributed by atoms with Crippen LogP contribution in [0.4, 0.5) is 13.2 Å². The van der Waals surface area contributed by atoms with Crippen LogP contribution in [0.1, 0.15) is 15.9 Å². The summed E-state index contributed by atoms with van der Waals surface area (Å²) in [7, 11) is 1.47. The molecule has 0 aliphatic carbocycles. The summed E-state index contributed by atoms with van der Waals surface area (Å²) < 4.78 is 45.1. The summed E-state index contributed by atoms with van der Waals surface area (Å²) in [5, 5.41) is 0. The van der Waals surface area contributed by atoms with E-state index in [1.54, 1.807) is 24.3 Å². The fraction of sp³-hybridized carbons (Fsp3) is 0.118. The minimum Gasteiger partial charge on any atom is -0.496 e. The van der Waals surface area contributed by atoms with Crippen LogP contribution in [0.25, 0.3) is 6.08 Å².